The van der Waals surface area contributed by atoms with Gasteiger partial charge in [-0.25, -0.2) is 4.79 Å². The number of phenolic OH excluding ortho intramolecular Hbond substituents is 1. The van der Waals surface area contributed by atoms with Crippen molar-refractivity contribution in [2.24, 2.45) is 0 Å². The van der Waals surface area contributed by atoms with Crippen LogP contribution in [-0.4, -0.2) is 24.2 Å². The molecule has 3 aromatic rings. The molecule has 138 valence electrons. The maximum atomic E-state index is 13.0. The van der Waals surface area contributed by atoms with E-state index in [0.717, 1.165) is 33.9 Å². The van der Waals surface area contributed by atoms with Crippen molar-refractivity contribution in [1.29, 1.82) is 0 Å². The number of aromatic hydroxyl groups is 1. The quantitative estimate of drug-likeness (QED) is 0.594. The van der Waals surface area contributed by atoms with Crippen molar-refractivity contribution in [1.82, 2.24) is 5.32 Å². The Hall–Kier alpha value is -2.37. The van der Waals surface area contributed by atoms with E-state index in [0.29, 0.717) is 12.8 Å². The summed E-state index contributed by atoms with van der Waals surface area (Å²) in [6, 6.07) is 18.9. The monoisotopic (exact) mass is 425 g/mol. The predicted molar refractivity (Wildman–Crippen MR) is 109 cm³/mol. The number of hydrogen-bond donors (Lipinski definition) is 2. The Kier molecular flexibility index (Phi) is 4.89. The molecule has 1 aliphatic heterocycles. The molecule has 1 saturated heterocycles. The van der Waals surface area contributed by atoms with Gasteiger partial charge in [0.2, 0.25) is 0 Å². The highest BCUT2D eigenvalue weighted by Gasteiger charge is 2.38. The van der Waals surface area contributed by atoms with Crippen LogP contribution < -0.4 is 5.32 Å². The minimum absolute atomic E-state index is 0.0630. The SMILES string of the molecule is O=C(OC1(c2ccccc2)CCNCC1)c1cc2cc(Br)ccc2cc1O. The molecule has 0 bridgehead atoms. The van der Waals surface area contributed by atoms with E-state index in [1.807, 2.05) is 48.5 Å². The maximum Gasteiger partial charge on any atom is 0.342 e. The van der Waals surface area contributed by atoms with Gasteiger partial charge in [-0.1, -0.05) is 52.3 Å². The first-order chi connectivity index (χ1) is 13.1. The van der Waals surface area contributed by atoms with E-state index >= 15 is 0 Å². The molecular weight excluding hydrogens is 406 g/mol. The van der Waals surface area contributed by atoms with E-state index in [1.165, 1.54) is 0 Å². The van der Waals surface area contributed by atoms with Gasteiger partial charge in [0.15, 0.2) is 0 Å². The standard InChI is InChI=1S/C22H20BrNO3/c23-18-7-6-15-14-20(25)19(13-16(15)12-18)21(26)27-22(8-10-24-11-9-22)17-4-2-1-3-5-17/h1-7,12-14,24-25H,8-11H2. The summed E-state index contributed by atoms with van der Waals surface area (Å²) in [5, 5.41) is 15.5. The molecule has 5 heteroatoms. The van der Waals surface area contributed by atoms with Crippen molar-refractivity contribution in [3.8, 4) is 5.75 Å². The molecule has 3 aromatic carbocycles. The van der Waals surface area contributed by atoms with Crippen LogP contribution >= 0.6 is 15.9 Å². The first-order valence-corrected chi connectivity index (χ1v) is 9.79. The second kappa shape index (κ2) is 7.33. The number of rotatable bonds is 3. The molecular formula is C22H20BrNO3. The minimum atomic E-state index is -0.678. The predicted octanol–water partition coefficient (Wildman–Crippen LogP) is 4.74. The van der Waals surface area contributed by atoms with Crippen LogP contribution in [0.5, 0.6) is 5.75 Å². The number of piperidine rings is 1. The van der Waals surface area contributed by atoms with Gasteiger partial charge in [-0.15, -0.1) is 0 Å². The van der Waals surface area contributed by atoms with Gasteiger partial charge in [0.05, 0.1) is 0 Å². The van der Waals surface area contributed by atoms with Gasteiger partial charge < -0.3 is 15.2 Å². The number of ether oxygens (including phenoxy) is 1. The Morgan fingerprint density at radius 1 is 1.00 bits per heavy atom. The fourth-order valence-electron chi connectivity index (χ4n) is 3.67. The summed E-state index contributed by atoms with van der Waals surface area (Å²) in [7, 11) is 0. The summed E-state index contributed by atoms with van der Waals surface area (Å²) >= 11 is 3.45. The molecule has 1 aliphatic rings. The average molecular weight is 426 g/mol. The molecule has 2 N–H and O–H groups in total. The van der Waals surface area contributed by atoms with Crippen molar-refractivity contribution in [2.75, 3.05) is 13.1 Å². The average Bonchev–Trinajstić information content (AvgIpc) is 2.69. The normalized spacial score (nSPS) is 16.2. The van der Waals surface area contributed by atoms with Crippen molar-refractivity contribution in [2.45, 2.75) is 18.4 Å². The number of hydrogen-bond acceptors (Lipinski definition) is 4. The molecule has 1 fully saturated rings. The highest BCUT2D eigenvalue weighted by atomic mass is 79.9. The summed E-state index contributed by atoms with van der Waals surface area (Å²) < 4.78 is 6.98. The fraction of sp³-hybridized carbons (Fsp3) is 0.227. The molecule has 0 amide bonds. The Labute approximate surface area is 166 Å². The van der Waals surface area contributed by atoms with E-state index in [-0.39, 0.29) is 11.3 Å². The van der Waals surface area contributed by atoms with E-state index < -0.39 is 11.6 Å². The molecule has 0 unspecified atom stereocenters. The van der Waals surface area contributed by atoms with Gasteiger partial charge in [0, 0.05) is 17.3 Å². The fourth-order valence-corrected chi connectivity index (χ4v) is 4.05. The number of phenols is 1. The number of esters is 1. The highest BCUT2D eigenvalue weighted by molar-refractivity contribution is 9.10. The second-order valence-corrected chi connectivity index (χ2v) is 7.78. The molecule has 4 rings (SSSR count). The van der Waals surface area contributed by atoms with E-state index in [2.05, 4.69) is 21.2 Å². The summed E-state index contributed by atoms with van der Waals surface area (Å²) in [5.41, 5.74) is 0.500. The zero-order valence-corrected chi connectivity index (χ0v) is 16.3. The Morgan fingerprint density at radius 2 is 1.74 bits per heavy atom. The topological polar surface area (TPSA) is 58.6 Å². The molecule has 0 aromatic heterocycles. The molecule has 0 spiro atoms. The van der Waals surface area contributed by atoms with Gasteiger partial charge in [-0.3, -0.25) is 0 Å². The molecule has 1 heterocycles. The van der Waals surface area contributed by atoms with E-state index in [9.17, 15) is 9.90 Å². The number of carbonyl (C=O) groups is 1. The van der Waals surface area contributed by atoms with Gasteiger partial charge in [-0.05, 0) is 53.7 Å². The molecule has 0 radical (unpaired) electrons. The zero-order chi connectivity index (χ0) is 18.9. The number of fused-ring (bicyclic) bond motifs is 1. The van der Waals surface area contributed by atoms with Crippen LogP contribution in [-0.2, 0) is 10.3 Å². The minimum Gasteiger partial charge on any atom is -0.507 e. The third kappa shape index (κ3) is 3.57. The van der Waals surface area contributed by atoms with Crippen molar-refractivity contribution in [3.63, 3.8) is 0 Å². The summed E-state index contributed by atoms with van der Waals surface area (Å²) in [4.78, 5) is 13.0. The molecule has 0 aliphatic carbocycles. The van der Waals surface area contributed by atoms with Crippen LogP contribution in [0.2, 0.25) is 0 Å². The maximum absolute atomic E-state index is 13.0. The van der Waals surface area contributed by atoms with Crippen LogP contribution in [0.4, 0.5) is 0 Å². The van der Waals surface area contributed by atoms with Crippen molar-refractivity contribution >= 4 is 32.7 Å². The smallest absolute Gasteiger partial charge is 0.342 e. The van der Waals surface area contributed by atoms with E-state index in [1.54, 1.807) is 12.1 Å². The van der Waals surface area contributed by atoms with Crippen LogP contribution in [0.25, 0.3) is 10.8 Å². The largest absolute Gasteiger partial charge is 0.507 e. The first kappa shape index (κ1) is 18.0. The van der Waals surface area contributed by atoms with Gasteiger partial charge in [0.25, 0.3) is 0 Å². The molecule has 0 saturated carbocycles. The third-order valence-corrected chi connectivity index (χ3v) is 5.63. The zero-order valence-electron chi connectivity index (χ0n) is 14.7. The van der Waals surface area contributed by atoms with Crippen LogP contribution in [0, 0.1) is 0 Å². The van der Waals surface area contributed by atoms with E-state index in [4.69, 9.17) is 4.74 Å². The summed E-state index contributed by atoms with van der Waals surface area (Å²) in [5.74, 6) is -0.563. The third-order valence-electron chi connectivity index (χ3n) is 5.14. The Morgan fingerprint density at radius 3 is 2.48 bits per heavy atom. The lowest BCUT2D eigenvalue weighted by Gasteiger charge is -2.37. The number of benzene rings is 3. The molecule has 0 atom stereocenters. The summed E-state index contributed by atoms with van der Waals surface area (Å²) in [6.45, 7) is 1.55. The second-order valence-electron chi connectivity index (χ2n) is 6.86. The molecule has 4 nitrogen and oxygen atoms in total. The highest BCUT2D eigenvalue weighted by Crippen LogP contribution is 2.37. The first-order valence-electron chi connectivity index (χ1n) is 8.99. The lowest BCUT2D eigenvalue weighted by atomic mass is 9.84. The lowest BCUT2D eigenvalue weighted by molar-refractivity contribution is -0.0380. The van der Waals surface area contributed by atoms with Gasteiger partial charge in [0.1, 0.15) is 16.9 Å². The lowest BCUT2D eigenvalue weighted by Crippen LogP contribution is -2.43. The van der Waals surface area contributed by atoms with Gasteiger partial charge >= 0.3 is 5.97 Å². The van der Waals surface area contributed by atoms with Crippen LogP contribution in [0.1, 0.15) is 28.8 Å². The van der Waals surface area contributed by atoms with Gasteiger partial charge in [-0.2, -0.15) is 0 Å². The number of halogens is 1. The molecule has 27 heavy (non-hydrogen) atoms. The Balaban J connectivity index is 1.71. The van der Waals surface area contributed by atoms with Crippen molar-refractivity contribution in [3.05, 3.63) is 76.3 Å². The summed E-state index contributed by atoms with van der Waals surface area (Å²) in [6.07, 6.45) is 1.39. The Bertz CT molecular complexity index is 982. The van der Waals surface area contributed by atoms with Crippen molar-refractivity contribution < 1.29 is 14.6 Å². The number of nitrogens with one attached hydrogen (secondary N) is 1. The van der Waals surface area contributed by atoms with Crippen LogP contribution in [0.3, 0.4) is 0 Å². The number of carbonyl (C=O) groups excluding carboxylic acids is 1. The van der Waals surface area contributed by atoms with Crippen LogP contribution in [0.15, 0.2) is 65.1 Å².